The topological polar surface area (TPSA) is 42.4 Å². The van der Waals surface area contributed by atoms with Gasteiger partial charge in [-0.15, -0.1) is 0 Å². The maximum Gasteiger partial charge on any atom is 0.274 e. The van der Waals surface area contributed by atoms with Crippen molar-refractivity contribution in [2.75, 3.05) is 13.7 Å². The van der Waals surface area contributed by atoms with Crippen molar-refractivity contribution in [2.45, 2.75) is 27.2 Å². The van der Waals surface area contributed by atoms with Gasteiger partial charge in [0.1, 0.15) is 0 Å². The zero-order valence-corrected chi connectivity index (χ0v) is 15.3. The van der Waals surface area contributed by atoms with E-state index >= 15 is 0 Å². The number of carbonyl (C=O) groups is 1. The number of hydrogen-bond donors (Lipinski definition) is 0. The molecule has 1 amide bonds. The highest BCUT2D eigenvalue weighted by Crippen LogP contribution is 2.34. The van der Waals surface area contributed by atoms with E-state index in [-0.39, 0.29) is 17.9 Å². The highest BCUT2D eigenvalue weighted by molar-refractivity contribution is 7.20. The van der Waals surface area contributed by atoms with Crippen molar-refractivity contribution in [3.63, 3.8) is 0 Å². The predicted octanol–water partition coefficient (Wildman–Crippen LogP) is 4.39. The van der Waals surface area contributed by atoms with E-state index in [4.69, 9.17) is 4.74 Å². The summed E-state index contributed by atoms with van der Waals surface area (Å²) in [4.78, 5) is 18.6. The van der Waals surface area contributed by atoms with E-state index in [1.54, 1.807) is 4.90 Å². The van der Waals surface area contributed by atoms with E-state index in [0.29, 0.717) is 5.19 Å². The normalized spacial score (nSPS) is 16.5. The number of allylic oxidation sites excluding steroid dienone is 4. The molecule has 1 aliphatic rings. The molecule has 0 N–H and O–H groups in total. The van der Waals surface area contributed by atoms with Crippen LogP contribution in [0.3, 0.4) is 0 Å². The number of nitrogens with zero attached hydrogens (tertiary/aromatic N) is 2. The Morgan fingerprint density at radius 3 is 2.83 bits per heavy atom. The lowest BCUT2D eigenvalue weighted by molar-refractivity contribution is -0.130. The molecule has 4 nitrogen and oxygen atoms in total. The molecule has 1 heterocycles. The maximum absolute atomic E-state index is 12.5. The van der Waals surface area contributed by atoms with Crippen LogP contribution in [0.4, 0.5) is 0 Å². The molecule has 0 atom stereocenters. The fourth-order valence-electron chi connectivity index (χ4n) is 3.00. The van der Waals surface area contributed by atoms with Gasteiger partial charge in [-0.05, 0) is 37.0 Å². The van der Waals surface area contributed by atoms with Gasteiger partial charge in [-0.1, -0.05) is 49.0 Å². The van der Waals surface area contributed by atoms with Crippen LogP contribution >= 0.6 is 11.3 Å². The van der Waals surface area contributed by atoms with Crippen molar-refractivity contribution in [3.8, 4) is 5.19 Å². The van der Waals surface area contributed by atoms with Crippen molar-refractivity contribution in [1.29, 1.82) is 0 Å². The number of fused-ring (bicyclic) bond motifs is 1. The average Bonchev–Trinajstić information content (AvgIpc) is 2.92. The molecule has 5 heteroatoms. The molecule has 126 valence electrons. The Labute approximate surface area is 146 Å². The van der Waals surface area contributed by atoms with Gasteiger partial charge in [-0.2, -0.15) is 0 Å². The minimum absolute atomic E-state index is 0.00312. The minimum atomic E-state index is -0.0639. The van der Waals surface area contributed by atoms with Crippen LogP contribution in [0.5, 0.6) is 5.19 Å². The summed E-state index contributed by atoms with van der Waals surface area (Å²) in [5.41, 5.74) is 3.18. The molecule has 1 aromatic carbocycles. The van der Waals surface area contributed by atoms with Gasteiger partial charge in [-0.3, -0.25) is 4.79 Å². The van der Waals surface area contributed by atoms with E-state index in [9.17, 15) is 4.79 Å². The SMILES string of the molecule is CC1=CC(C)(C)CC(N(C)C(=O)COc2nc3ccccc3s2)=C1. The molecule has 1 aromatic heterocycles. The standard InChI is InChI=1S/C19H22N2O2S/c1-13-9-14(11-19(2,3)10-13)21(4)17(22)12-23-18-20-15-7-5-6-8-16(15)24-18/h5-10H,11-12H2,1-4H3. The third-order valence-corrected chi connectivity index (χ3v) is 5.00. The second-order valence-corrected chi connectivity index (χ2v) is 7.87. The molecule has 0 spiro atoms. The molecular formula is C19H22N2O2S. The molecule has 0 unspecified atom stereocenters. The fraction of sp³-hybridized carbons (Fsp3) is 0.368. The first-order valence-corrected chi connectivity index (χ1v) is 8.81. The summed E-state index contributed by atoms with van der Waals surface area (Å²) in [6.07, 6.45) is 5.15. The third kappa shape index (κ3) is 3.67. The molecule has 3 rings (SSSR count). The van der Waals surface area contributed by atoms with Gasteiger partial charge >= 0.3 is 0 Å². The lowest BCUT2D eigenvalue weighted by atomic mass is 9.82. The first kappa shape index (κ1) is 16.7. The summed E-state index contributed by atoms with van der Waals surface area (Å²) >= 11 is 1.46. The molecule has 0 bridgehead atoms. The van der Waals surface area contributed by atoms with E-state index in [1.165, 1.54) is 16.9 Å². The van der Waals surface area contributed by atoms with Gasteiger partial charge in [0.05, 0.1) is 10.2 Å². The lowest BCUT2D eigenvalue weighted by Gasteiger charge is -2.31. The molecular weight excluding hydrogens is 320 g/mol. The van der Waals surface area contributed by atoms with Crippen molar-refractivity contribution in [1.82, 2.24) is 9.88 Å². The quantitative estimate of drug-likeness (QED) is 0.827. The van der Waals surface area contributed by atoms with Gasteiger partial charge in [0.15, 0.2) is 6.61 Å². The molecule has 2 aromatic rings. The summed E-state index contributed by atoms with van der Waals surface area (Å²) in [6, 6.07) is 7.85. The Morgan fingerprint density at radius 1 is 1.38 bits per heavy atom. The number of benzene rings is 1. The Balaban J connectivity index is 1.65. The summed E-state index contributed by atoms with van der Waals surface area (Å²) in [7, 11) is 1.81. The van der Waals surface area contributed by atoms with E-state index in [1.807, 2.05) is 31.3 Å². The second-order valence-electron chi connectivity index (χ2n) is 6.88. The Kier molecular flexibility index (Phi) is 4.45. The monoisotopic (exact) mass is 342 g/mol. The molecule has 1 aliphatic carbocycles. The van der Waals surface area contributed by atoms with Crippen LogP contribution in [0.1, 0.15) is 27.2 Å². The number of hydrogen-bond acceptors (Lipinski definition) is 4. The number of amides is 1. The third-order valence-electron chi connectivity index (χ3n) is 4.05. The lowest BCUT2D eigenvalue weighted by Crippen LogP contribution is -2.33. The van der Waals surface area contributed by atoms with Gasteiger partial charge in [0.25, 0.3) is 11.1 Å². The van der Waals surface area contributed by atoms with Crippen molar-refractivity contribution < 1.29 is 9.53 Å². The zero-order valence-electron chi connectivity index (χ0n) is 14.5. The zero-order chi connectivity index (χ0) is 17.3. The van der Waals surface area contributed by atoms with Gasteiger partial charge in [0, 0.05) is 12.7 Å². The second kappa shape index (κ2) is 6.40. The summed E-state index contributed by atoms with van der Waals surface area (Å²) in [5, 5.41) is 0.534. The van der Waals surface area contributed by atoms with Crippen molar-refractivity contribution in [2.24, 2.45) is 5.41 Å². The molecule has 0 saturated heterocycles. The first-order chi connectivity index (χ1) is 11.3. The van der Waals surface area contributed by atoms with E-state index < -0.39 is 0 Å². The summed E-state index contributed by atoms with van der Waals surface area (Å²) < 4.78 is 6.68. The van der Waals surface area contributed by atoms with E-state index in [2.05, 4.69) is 37.9 Å². The predicted molar refractivity (Wildman–Crippen MR) is 98.1 cm³/mol. The Morgan fingerprint density at radius 2 is 2.12 bits per heavy atom. The molecule has 0 fully saturated rings. The highest BCUT2D eigenvalue weighted by atomic mass is 32.1. The van der Waals surface area contributed by atoms with Crippen LogP contribution in [0.2, 0.25) is 0 Å². The Hall–Kier alpha value is -2.14. The van der Waals surface area contributed by atoms with Crippen LogP contribution in [-0.2, 0) is 4.79 Å². The average molecular weight is 342 g/mol. The molecule has 0 radical (unpaired) electrons. The van der Waals surface area contributed by atoms with Crippen molar-refractivity contribution in [3.05, 3.63) is 47.7 Å². The Bertz CT molecular complexity index is 800. The van der Waals surface area contributed by atoms with Crippen LogP contribution in [0.25, 0.3) is 10.2 Å². The van der Waals surface area contributed by atoms with Gasteiger partial charge in [0.2, 0.25) is 0 Å². The molecule has 0 aliphatic heterocycles. The maximum atomic E-state index is 12.5. The van der Waals surface area contributed by atoms with Gasteiger partial charge in [-0.25, -0.2) is 4.98 Å². The summed E-state index contributed by atoms with van der Waals surface area (Å²) in [5.74, 6) is -0.0639. The highest BCUT2D eigenvalue weighted by Gasteiger charge is 2.25. The largest absolute Gasteiger partial charge is 0.460 e. The number of aromatic nitrogens is 1. The number of ether oxygens (including phenoxy) is 1. The van der Waals surface area contributed by atoms with E-state index in [0.717, 1.165) is 22.3 Å². The van der Waals surface area contributed by atoms with Crippen LogP contribution in [-0.4, -0.2) is 29.4 Å². The number of thiazole rings is 1. The minimum Gasteiger partial charge on any atom is -0.460 e. The summed E-state index contributed by atoms with van der Waals surface area (Å²) in [6.45, 7) is 6.42. The van der Waals surface area contributed by atoms with Crippen LogP contribution in [0.15, 0.2) is 47.7 Å². The fourth-order valence-corrected chi connectivity index (χ4v) is 3.81. The first-order valence-electron chi connectivity index (χ1n) is 7.99. The number of likely N-dealkylation sites (N-methyl/N-ethyl adjacent to an activating group) is 1. The van der Waals surface area contributed by atoms with Gasteiger partial charge < -0.3 is 9.64 Å². The van der Waals surface area contributed by atoms with Crippen LogP contribution in [0, 0.1) is 5.41 Å². The van der Waals surface area contributed by atoms with Crippen molar-refractivity contribution >= 4 is 27.5 Å². The smallest absolute Gasteiger partial charge is 0.274 e. The molecule has 0 saturated carbocycles. The number of rotatable bonds is 4. The number of para-hydroxylation sites is 1. The molecule has 24 heavy (non-hydrogen) atoms. The van der Waals surface area contributed by atoms with Crippen LogP contribution < -0.4 is 4.74 Å². The number of carbonyl (C=O) groups excluding carboxylic acids is 1.